The van der Waals surface area contributed by atoms with Crippen molar-refractivity contribution < 1.29 is 0 Å². The zero-order valence-electron chi connectivity index (χ0n) is 10.0. The van der Waals surface area contributed by atoms with Gasteiger partial charge in [0.2, 0.25) is 0 Å². The van der Waals surface area contributed by atoms with Gasteiger partial charge in [0.05, 0.1) is 0 Å². The van der Waals surface area contributed by atoms with Crippen LogP contribution in [0.4, 0.5) is 0 Å². The fraction of sp³-hybridized carbons (Fsp3) is 0.357. The van der Waals surface area contributed by atoms with E-state index in [0.29, 0.717) is 10.9 Å². The molecule has 2 N–H and O–H groups in total. The maximum atomic E-state index is 12.0. The third kappa shape index (κ3) is 2.28. The topological polar surface area (TPSA) is 44.9 Å². The summed E-state index contributed by atoms with van der Waals surface area (Å²) in [7, 11) is 0. The molecule has 1 unspecified atom stereocenters. The van der Waals surface area contributed by atoms with Gasteiger partial charge in [0.25, 0.3) is 5.56 Å². The van der Waals surface area contributed by atoms with E-state index >= 15 is 0 Å². The Hall–Kier alpha value is -1.32. The fourth-order valence-corrected chi connectivity index (χ4v) is 2.75. The quantitative estimate of drug-likeness (QED) is 0.873. The first-order valence-corrected chi connectivity index (χ1v) is 6.62. The second kappa shape index (κ2) is 4.75. The number of hydrogen-bond donors (Lipinski definition) is 2. The first kappa shape index (κ1) is 11.8. The molecule has 1 aliphatic heterocycles. The van der Waals surface area contributed by atoms with Crippen molar-refractivity contribution in [2.45, 2.75) is 12.8 Å². The molecule has 3 rings (SSSR count). The summed E-state index contributed by atoms with van der Waals surface area (Å²) in [4.78, 5) is 14.9. The molecule has 2 heterocycles. The average molecular weight is 263 g/mol. The Morgan fingerprint density at radius 3 is 3.00 bits per heavy atom. The van der Waals surface area contributed by atoms with Crippen molar-refractivity contribution in [2.24, 2.45) is 5.92 Å². The summed E-state index contributed by atoms with van der Waals surface area (Å²) in [6.07, 6.45) is 1.98. The van der Waals surface area contributed by atoms with Gasteiger partial charge >= 0.3 is 0 Å². The van der Waals surface area contributed by atoms with Gasteiger partial charge in [0, 0.05) is 16.1 Å². The van der Waals surface area contributed by atoms with Gasteiger partial charge in [-0.2, -0.15) is 0 Å². The molecule has 1 aliphatic rings. The van der Waals surface area contributed by atoms with Crippen LogP contribution in [-0.2, 0) is 6.42 Å². The lowest BCUT2D eigenvalue weighted by Gasteiger charge is -2.08. The normalized spacial score (nSPS) is 19.5. The minimum absolute atomic E-state index is 0.0247. The predicted octanol–water partition coefficient (Wildman–Crippen LogP) is 2.33. The molecule has 3 nitrogen and oxygen atoms in total. The van der Waals surface area contributed by atoms with Crippen molar-refractivity contribution in [3.05, 3.63) is 45.2 Å². The number of halogens is 1. The fourth-order valence-electron chi connectivity index (χ4n) is 2.57. The van der Waals surface area contributed by atoms with Crippen molar-refractivity contribution in [2.75, 3.05) is 13.1 Å². The molecule has 1 saturated heterocycles. The van der Waals surface area contributed by atoms with Gasteiger partial charge in [-0.3, -0.25) is 4.79 Å². The first-order chi connectivity index (χ1) is 8.72. The molecular formula is C14H15ClN2O. The van der Waals surface area contributed by atoms with Crippen LogP contribution in [0.1, 0.15) is 12.0 Å². The highest BCUT2D eigenvalue weighted by atomic mass is 35.5. The van der Waals surface area contributed by atoms with Crippen molar-refractivity contribution in [3.8, 4) is 0 Å². The van der Waals surface area contributed by atoms with Crippen LogP contribution in [0, 0.1) is 5.92 Å². The van der Waals surface area contributed by atoms with Crippen molar-refractivity contribution in [1.82, 2.24) is 10.3 Å². The highest BCUT2D eigenvalue weighted by Gasteiger charge is 2.16. The largest absolute Gasteiger partial charge is 0.322 e. The summed E-state index contributed by atoms with van der Waals surface area (Å²) in [5.41, 5.74) is 1.73. The smallest absolute Gasteiger partial charge is 0.251 e. The second-order valence-electron chi connectivity index (χ2n) is 4.92. The number of H-pyrrole nitrogens is 1. The van der Waals surface area contributed by atoms with Crippen LogP contribution in [0.3, 0.4) is 0 Å². The maximum Gasteiger partial charge on any atom is 0.251 e. The number of aromatic amines is 1. The SMILES string of the molecule is O=c1[nH]c2ccc(Cl)cc2cc1CC1CCNC1. The number of aromatic nitrogens is 1. The molecule has 0 radical (unpaired) electrons. The Morgan fingerprint density at radius 1 is 1.33 bits per heavy atom. The molecular weight excluding hydrogens is 248 g/mol. The Labute approximate surface area is 110 Å². The van der Waals surface area contributed by atoms with E-state index in [1.165, 1.54) is 0 Å². The summed E-state index contributed by atoms with van der Waals surface area (Å²) in [5, 5.41) is 5.03. The van der Waals surface area contributed by atoms with E-state index in [9.17, 15) is 4.79 Å². The zero-order chi connectivity index (χ0) is 12.5. The van der Waals surface area contributed by atoms with Gasteiger partial charge in [-0.25, -0.2) is 0 Å². The molecule has 0 amide bonds. The lowest BCUT2D eigenvalue weighted by Crippen LogP contribution is -2.18. The summed E-state index contributed by atoms with van der Waals surface area (Å²) < 4.78 is 0. The van der Waals surface area contributed by atoms with Gasteiger partial charge in [-0.05, 0) is 61.5 Å². The minimum atomic E-state index is 0.0247. The van der Waals surface area contributed by atoms with E-state index in [0.717, 1.165) is 42.4 Å². The summed E-state index contributed by atoms with van der Waals surface area (Å²) in [6.45, 7) is 2.06. The summed E-state index contributed by atoms with van der Waals surface area (Å²) in [6, 6.07) is 7.50. The highest BCUT2D eigenvalue weighted by Crippen LogP contribution is 2.19. The van der Waals surface area contributed by atoms with Crippen LogP contribution < -0.4 is 10.9 Å². The van der Waals surface area contributed by atoms with Crippen LogP contribution in [0.2, 0.25) is 5.02 Å². The summed E-state index contributed by atoms with van der Waals surface area (Å²) >= 11 is 5.98. The average Bonchev–Trinajstić information content (AvgIpc) is 2.83. The predicted molar refractivity (Wildman–Crippen MR) is 74.3 cm³/mol. The van der Waals surface area contributed by atoms with E-state index < -0.39 is 0 Å². The molecule has 0 aliphatic carbocycles. The number of pyridine rings is 1. The van der Waals surface area contributed by atoms with Gasteiger partial charge in [-0.1, -0.05) is 11.6 Å². The molecule has 1 atom stereocenters. The number of hydrogen-bond acceptors (Lipinski definition) is 2. The molecule has 0 bridgehead atoms. The Kier molecular flexibility index (Phi) is 3.10. The first-order valence-electron chi connectivity index (χ1n) is 6.24. The van der Waals surface area contributed by atoms with E-state index in [-0.39, 0.29) is 5.56 Å². The third-order valence-corrected chi connectivity index (χ3v) is 3.79. The number of benzene rings is 1. The Balaban J connectivity index is 2.00. The monoisotopic (exact) mass is 262 g/mol. The van der Waals surface area contributed by atoms with Gasteiger partial charge in [-0.15, -0.1) is 0 Å². The molecule has 1 aromatic heterocycles. The van der Waals surface area contributed by atoms with Gasteiger partial charge in [0.15, 0.2) is 0 Å². The van der Waals surface area contributed by atoms with E-state index in [1.807, 2.05) is 18.2 Å². The molecule has 0 spiro atoms. The van der Waals surface area contributed by atoms with E-state index in [1.54, 1.807) is 6.07 Å². The molecule has 4 heteroatoms. The lowest BCUT2D eigenvalue weighted by atomic mass is 9.99. The number of fused-ring (bicyclic) bond motifs is 1. The molecule has 0 saturated carbocycles. The summed E-state index contributed by atoms with van der Waals surface area (Å²) in [5.74, 6) is 0.572. The van der Waals surface area contributed by atoms with Crippen molar-refractivity contribution >= 4 is 22.5 Å². The van der Waals surface area contributed by atoms with Crippen LogP contribution >= 0.6 is 11.6 Å². The van der Waals surface area contributed by atoms with Crippen molar-refractivity contribution in [1.29, 1.82) is 0 Å². The Morgan fingerprint density at radius 2 is 2.22 bits per heavy atom. The molecule has 1 fully saturated rings. The van der Waals surface area contributed by atoms with Crippen molar-refractivity contribution in [3.63, 3.8) is 0 Å². The van der Waals surface area contributed by atoms with Gasteiger partial charge < -0.3 is 10.3 Å². The third-order valence-electron chi connectivity index (χ3n) is 3.55. The minimum Gasteiger partial charge on any atom is -0.322 e. The van der Waals surface area contributed by atoms with Gasteiger partial charge in [0.1, 0.15) is 0 Å². The molecule has 2 aromatic rings. The second-order valence-corrected chi connectivity index (χ2v) is 5.35. The van der Waals surface area contributed by atoms with Crippen LogP contribution in [0.5, 0.6) is 0 Å². The van der Waals surface area contributed by atoms with E-state index in [4.69, 9.17) is 11.6 Å². The molecule has 94 valence electrons. The number of rotatable bonds is 2. The maximum absolute atomic E-state index is 12.0. The van der Waals surface area contributed by atoms with Crippen LogP contribution in [0.25, 0.3) is 10.9 Å². The Bertz CT molecular complexity index is 629. The van der Waals surface area contributed by atoms with Crippen LogP contribution in [-0.4, -0.2) is 18.1 Å². The van der Waals surface area contributed by atoms with Crippen LogP contribution in [0.15, 0.2) is 29.1 Å². The van der Waals surface area contributed by atoms with E-state index in [2.05, 4.69) is 10.3 Å². The standard InChI is InChI=1S/C14H15ClN2O/c15-12-1-2-13-10(7-12)6-11(14(18)17-13)5-9-3-4-16-8-9/h1-2,6-7,9,16H,3-5,8H2,(H,17,18). The lowest BCUT2D eigenvalue weighted by molar-refractivity contribution is 0.577. The zero-order valence-corrected chi connectivity index (χ0v) is 10.8. The molecule has 18 heavy (non-hydrogen) atoms. The molecule has 1 aromatic carbocycles. The highest BCUT2D eigenvalue weighted by molar-refractivity contribution is 6.31. The number of nitrogens with one attached hydrogen (secondary N) is 2.